The van der Waals surface area contributed by atoms with E-state index in [1.54, 1.807) is 0 Å². The van der Waals surface area contributed by atoms with Gasteiger partial charge in [0.15, 0.2) is 6.10 Å². The van der Waals surface area contributed by atoms with Crippen molar-refractivity contribution in [1.82, 2.24) is 0 Å². The number of unbranched alkanes of at least 4 members (excludes halogenated alkanes) is 12. The summed E-state index contributed by atoms with van der Waals surface area (Å²) in [6.45, 7) is 6.34. The van der Waals surface area contributed by atoms with Crippen LogP contribution in [0.2, 0.25) is 0 Å². The van der Waals surface area contributed by atoms with Gasteiger partial charge in [-0.05, 0) is 57.8 Å². The quantitative estimate of drug-likeness (QED) is 0.0328. The van der Waals surface area contributed by atoms with E-state index >= 15 is 0 Å². The van der Waals surface area contributed by atoms with Crippen LogP contribution in [-0.2, 0) is 28.6 Å². The van der Waals surface area contributed by atoms with Gasteiger partial charge in [0.1, 0.15) is 13.2 Å². The highest BCUT2D eigenvalue weighted by Gasteiger charge is 2.19. The van der Waals surface area contributed by atoms with Gasteiger partial charge in [-0.3, -0.25) is 14.4 Å². The van der Waals surface area contributed by atoms with E-state index in [0.717, 1.165) is 77.0 Å². The maximum atomic E-state index is 12.5. The molecule has 258 valence electrons. The third kappa shape index (κ3) is 32.6. The Bertz CT molecular complexity index is 795. The summed E-state index contributed by atoms with van der Waals surface area (Å²) in [4.78, 5) is 36.9. The molecule has 0 spiro atoms. The number of hydrogen-bond donors (Lipinski definition) is 0. The van der Waals surface area contributed by atoms with E-state index in [-0.39, 0.29) is 37.5 Å². The van der Waals surface area contributed by atoms with Gasteiger partial charge in [-0.2, -0.15) is 0 Å². The molecule has 0 atom stereocenters. The van der Waals surface area contributed by atoms with E-state index in [2.05, 4.69) is 69.4 Å². The highest BCUT2D eigenvalue weighted by Crippen LogP contribution is 2.10. The molecule has 45 heavy (non-hydrogen) atoms. The molecule has 0 unspecified atom stereocenters. The van der Waals surface area contributed by atoms with Gasteiger partial charge >= 0.3 is 17.9 Å². The minimum atomic E-state index is -0.790. The highest BCUT2D eigenvalue weighted by atomic mass is 16.6. The Morgan fingerprint density at radius 2 is 0.822 bits per heavy atom. The third-order valence-electron chi connectivity index (χ3n) is 7.34. The van der Waals surface area contributed by atoms with E-state index < -0.39 is 6.10 Å². The molecule has 0 fully saturated rings. The zero-order valence-corrected chi connectivity index (χ0v) is 29.1. The number of rotatable bonds is 31. The molecular weight excluding hydrogens is 564 g/mol. The minimum absolute atomic E-state index is 0.0967. The van der Waals surface area contributed by atoms with Crippen molar-refractivity contribution >= 4 is 17.9 Å². The fourth-order valence-electron chi connectivity index (χ4n) is 4.55. The van der Waals surface area contributed by atoms with Gasteiger partial charge in [0, 0.05) is 19.3 Å². The number of esters is 3. The second kappa shape index (κ2) is 34.2. The van der Waals surface area contributed by atoms with E-state index in [0.29, 0.717) is 19.3 Å². The first-order valence-corrected chi connectivity index (χ1v) is 18.1. The predicted molar refractivity (Wildman–Crippen MR) is 187 cm³/mol. The lowest BCUT2D eigenvalue weighted by molar-refractivity contribution is -0.167. The van der Waals surface area contributed by atoms with Gasteiger partial charge in [-0.1, -0.05) is 134 Å². The summed E-state index contributed by atoms with van der Waals surface area (Å²) >= 11 is 0. The van der Waals surface area contributed by atoms with Gasteiger partial charge in [0.25, 0.3) is 0 Å². The van der Waals surface area contributed by atoms with Gasteiger partial charge < -0.3 is 14.2 Å². The molecule has 0 aliphatic heterocycles. The first-order chi connectivity index (χ1) is 22.0. The van der Waals surface area contributed by atoms with Crippen molar-refractivity contribution in [1.29, 1.82) is 0 Å². The molecule has 6 heteroatoms. The molecule has 6 nitrogen and oxygen atoms in total. The first kappa shape index (κ1) is 42.4. The lowest BCUT2D eigenvalue weighted by Crippen LogP contribution is -2.30. The Morgan fingerprint density at radius 3 is 1.29 bits per heavy atom. The maximum Gasteiger partial charge on any atom is 0.306 e. The topological polar surface area (TPSA) is 78.9 Å². The Kier molecular flexibility index (Phi) is 32.2. The first-order valence-electron chi connectivity index (χ1n) is 18.1. The second-order valence-corrected chi connectivity index (χ2v) is 11.8. The second-order valence-electron chi connectivity index (χ2n) is 11.8. The van der Waals surface area contributed by atoms with Crippen LogP contribution in [-0.4, -0.2) is 37.2 Å². The molecule has 0 aromatic rings. The van der Waals surface area contributed by atoms with Crippen LogP contribution in [0, 0.1) is 0 Å². The fraction of sp³-hybridized carbons (Fsp3) is 0.718. The van der Waals surface area contributed by atoms with Crippen molar-refractivity contribution in [2.24, 2.45) is 0 Å². The smallest absolute Gasteiger partial charge is 0.306 e. The van der Waals surface area contributed by atoms with Crippen molar-refractivity contribution in [2.45, 2.75) is 168 Å². The maximum absolute atomic E-state index is 12.5. The lowest BCUT2D eigenvalue weighted by Gasteiger charge is -2.18. The molecule has 0 aliphatic rings. The van der Waals surface area contributed by atoms with Crippen molar-refractivity contribution in [3.63, 3.8) is 0 Å². The molecule has 0 aliphatic carbocycles. The van der Waals surface area contributed by atoms with Gasteiger partial charge in [-0.25, -0.2) is 0 Å². The summed E-state index contributed by atoms with van der Waals surface area (Å²) in [6.07, 6.45) is 37.3. The molecule has 0 bridgehead atoms. The summed E-state index contributed by atoms with van der Waals surface area (Å²) in [5, 5.41) is 0. The van der Waals surface area contributed by atoms with Crippen LogP contribution in [0.4, 0.5) is 0 Å². The normalized spacial score (nSPS) is 11.9. The largest absolute Gasteiger partial charge is 0.462 e. The van der Waals surface area contributed by atoms with Gasteiger partial charge in [0.2, 0.25) is 0 Å². The highest BCUT2D eigenvalue weighted by molar-refractivity contribution is 5.71. The van der Waals surface area contributed by atoms with Gasteiger partial charge in [-0.15, -0.1) is 0 Å². The molecule has 0 radical (unpaired) electrons. The Hall–Kier alpha value is -2.63. The molecule has 0 saturated heterocycles. The van der Waals surface area contributed by atoms with Crippen molar-refractivity contribution in [3.05, 3.63) is 48.6 Å². The fourth-order valence-corrected chi connectivity index (χ4v) is 4.55. The average molecular weight is 631 g/mol. The van der Waals surface area contributed by atoms with Crippen LogP contribution in [0.1, 0.15) is 162 Å². The van der Waals surface area contributed by atoms with E-state index in [1.165, 1.54) is 38.5 Å². The van der Waals surface area contributed by atoms with Crippen LogP contribution >= 0.6 is 0 Å². The molecule has 0 aromatic heterocycles. The van der Waals surface area contributed by atoms with E-state index in [4.69, 9.17) is 14.2 Å². The molecule has 0 rings (SSSR count). The molecule has 0 heterocycles. The summed E-state index contributed by atoms with van der Waals surface area (Å²) in [5.41, 5.74) is 0. The summed E-state index contributed by atoms with van der Waals surface area (Å²) < 4.78 is 16.3. The Balaban J connectivity index is 4.34. The zero-order chi connectivity index (χ0) is 33.1. The summed E-state index contributed by atoms with van der Waals surface area (Å²) in [7, 11) is 0. The SMILES string of the molecule is CCCCC/C=C\C/C=C\C/C=C\C/C=C\CCCC(=O)OC(COC(=O)CCCCCCC)COC(=O)CCCCCCC. The predicted octanol–water partition coefficient (Wildman–Crippen LogP) is 10.9. The van der Waals surface area contributed by atoms with E-state index in [9.17, 15) is 14.4 Å². The van der Waals surface area contributed by atoms with Crippen LogP contribution < -0.4 is 0 Å². The van der Waals surface area contributed by atoms with Crippen LogP contribution in [0.5, 0.6) is 0 Å². The number of hydrogen-bond acceptors (Lipinski definition) is 6. The number of allylic oxidation sites excluding steroid dienone is 8. The van der Waals surface area contributed by atoms with Crippen molar-refractivity contribution < 1.29 is 28.6 Å². The van der Waals surface area contributed by atoms with E-state index in [1.807, 2.05) is 0 Å². The average Bonchev–Trinajstić information content (AvgIpc) is 3.03. The van der Waals surface area contributed by atoms with Crippen molar-refractivity contribution in [2.75, 3.05) is 13.2 Å². The van der Waals surface area contributed by atoms with Crippen LogP contribution in [0.15, 0.2) is 48.6 Å². The molecule has 0 saturated carbocycles. The Morgan fingerprint density at radius 1 is 0.444 bits per heavy atom. The standard InChI is InChI=1S/C39H66O6/c1-4-7-10-13-14-15-16-17-18-19-20-21-22-23-24-27-30-33-39(42)45-36(34-43-37(40)31-28-25-11-8-5-2)35-44-38(41)32-29-26-12-9-6-3/h14-15,17-18,20-21,23-24,36H,4-13,16,19,22,25-35H2,1-3H3/b15-14-,18-17-,21-20-,24-23-. The van der Waals surface area contributed by atoms with Crippen molar-refractivity contribution in [3.8, 4) is 0 Å². The summed E-state index contributed by atoms with van der Waals surface area (Å²) in [5.74, 6) is -0.993. The lowest BCUT2D eigenvalue weighted by atomic mass is 10.1. The van der Waals surface area contributed by atoms with Crippen LogP contribution in [0.25, 0.3) is 0 Å². The molecule has 0 N–H and O–H groups in total. The molecule has 0 aromatic carbocycles. The Labute approximate surface area is 276 Å². The molecule has 0 amide bonds. The van der Waals surface area contributed by atoms with Gasteiger partial charge in [0.05, 0.1) is 0 Å². The minimum Gasteiger partial charge on any atom is -0.462 e. The monoisotopic (exact) mass is 630 g/mol. The molecular formula is C39H66O6. The number of carbonyl (C=O) groups excluding carboxylic acids is 3. The summed E-state index contributed by atoms with van der Waals surface area (Å²) in [6, 6.07) is 0. The zero-order valence-electron chi connectivity index (χ0n) is 29.1. The van der Waals surface area contributed by atoms with Crippen LogP contribution in [0.3, 0.4) is 0 Å². The third-order valence-corrected chi connectivity index (χ3v) is 7.34. The number of carbonyl (C=O) groups is 3. The number of ether oxygens (including phenoxy) is 3.